The molecule has 0 saturated carbocycles. The molecule has 2 aromatic heterocycles. The zero-order valence-electron chi connectivity index (χ0n) is 16.6. The summed E-state index contributed by atoms with van der Waals surface area (Å²) in [5, 5.41) is 7.16. The summed E-state index contributed by atoms with van der Waals surface area (Å²) < 4.78 is -0.464. The average Bonchev–Trinajstić information content (AvgIpc) is 2.73. The molecular formula is C23H20IN5O. The van der Waals surface area contributed by atoms with Crippen LogP contribution in [0.4, 0.5) is 11.6 Å². The van der Waals surface area contributed by atoms with Gasteiger partial charge in [0.15, 0.2) is 0 Å². The minimum absolute atomic E-state index is 0.0641. The van der Waals surface area contributed by atoms with Gasteiger partial charge in [-0.25, -0.2) is 9.97 Å². The van der Waals surface area contributed by atoms with E-state index in [1.165, 1.54) is 6.92 Å². The van der Waals surface area contributed by atoms with E-state index >= 15 is 0 Å². The molecule has 1 atom stereocenters. The number of halogens is 1. The van der Waals surface area contributed by atoms with E-state index in [0.29, 0.717) is 5.95 Å². The van der Waals surface area contributed by atoms with Crippen molar-refractivity contribution in [1.29, 1.82) is 0 Å². The molecule has 30 heavy (non-hydrogen) atoms. The standard InChI is InChI=1S/C23H20IN5O/c1-15(30)29-23(2,24)19-4-6-20(7-5-19)27-22-26-14-18-13-17(3-8-21(18)28-22)16-9-11-25-12-10-16/h3-14H,1-2H3,(H,29,30)(H,26,27,28). The Labute approximate surface area is 188 Å². The van der Waals surface area contributed by atoms with E-state index in [-0.39, 0.29) is 5.91 Å². The smallest absolute Gasteiger partial charge is 0.227 e. The molecule has 0 aliphatic carbocycles. The lowest BCUT2D eigenvalue weighted by atomic mass is 10.1. The minimum Gasteiger partial charge on any atom is -0.338 e. The molecule has 2 heterocycles. The fourth-order valence-corrected chi connectivity index (χ4v) is 3.96. The Hall–Kier alpha value is -3.07. The Morgan fingerprint density at radius 1 is 1.00 bits per heavy atom. The molecule has 4 aromatic rings. The van der Waals surface area contributed by atoms with Crippen LogP contribution in [-0.4, -0.2) is 20.9 Å². The van der Waals surface area contributed by atoms with Crippen molar-refractivity contribution in [2.75, 3.05) is 5.32 Å². The normalized spacial score (nSPS) is 12.9. The van der Waals surface area contributed by atoms with Gasteiger partial charge in [0.25, 0.3) is 0 Å². The summed E-state index contributed by atoms with van der Waals surface area (Å²) in [5.74, 6) is 0.469. The van der Waals surface area contributed by atoms with Gasteiger partial charge in [-0.2, -0.15) is 0 Å². The number of rotatable bonds is 5. The fraction of sp³-hybridized carbons (Fsp3) is 0.130. The van der Waals surface area contributed by atoms with Gasteiger partial charge in [-0.3, -0.25) is 9.78 Å². The number of pyridine rings is 1. The number of carbonyl (C=O) groups excluding carboxylic acids is 1. The third kappa shape index (κ3) is 4.56. The number of nitrogens with one attached hydrogen (secondary N) is 2. The topological polar surface area (TPSA) is 79.8 Å². The highest BCUT2D eigenvalue weighted by Gasteiger charge is 2.23. The number of carbonyl (C=O) groups is 1. The van der Waals surface area contributed by atoms with Crippen LogP contribution in [0.5, 0.6) is 0 Å². The SMILES string of the molecule is CC(=O)NC(C)(I)c1ccc(Nc2ncc3cc(-c4ccncc4)ccc3n2)cc1. The molecule has 1 unspecified atom stereocenters. The minimum atomic E-state index is -0.464. The van der Waals surface area contributed by atoms with Crippen molar-refractivity contribution in [2.24, 2.45) is 0 Å². The number of anilines is 2. The number of hydrogen-bond donors (Lipinski definition) is 2. The lowest BCUT2D eigenvalue weighted by Gasteiger charge is -2.24. The molecule has 0 saturated heterocycles. The van der Waals surface area contributed by atoms with Gasteiger partial charge in [0.05, 0.1) is 5.52 Å². The predicted octanol–water partition coefficient (Wildman–Crippen LogP) is 5.18. The first-order chi connectivity index (χ1) is 14.4. The number of hydrogen-bond acceptors (Lipinski definition) is 5. The molecular weight excluding hydrogens is 489 g/mol. The van der Waals surface area contributed by atoms with Crippen molar-refractivity contribution in [2.45, 2.75) is 17.4 Å². The van der Waals surface area contributed by atoms with Gasteiger partial charge >= 0.3 is 0 Å². The Morgan fingerprint density at radius 3 is 2.43 bits per heavy atom. The Bertz CT molecular complexity index is 1190. The van der Waals surface area contributed by atoms with Crippen LogP contribution in [0.15, 0.2) is 73.2 Å². The van der Waals surface area contributed by atoms with Crippen molar-refractivity contribution in [3.8, 4) is 11.1 Å². The van der Waals surface area contributed by atoms with E-state index in [2.05, 4.69) is 54.2 Å². The maximum Gasteiger partial charge on any atom is 0.227 e. The largest absolute Gasteiger partial charge is 0.338 e. The molecule has 7 heteroatoms. The monoisotopic (exact) mass is 509 g/mol. The first-order valence-electron chi connectivity index (χ1n) is 9.43. The van der Waals surface area contributed by atoms with Crippen molar-refractivity contribution in [3.05, 3.63) is 78.8 Å². The maximum absolute atomic E-state index is 11.4. The van der Waals surface area contributed by atoms with Crippen LogP contribution in [0, 0.1) is 0 Å². The summed E-state index contributed by atoms with van der Waals surface area (Å²) in [6.45, 7) is 3.48. The lowest BCUT2D eigenvalue weighted by molar-refractivity contribution is -0.119. The van der Waals surface area contributed by atoms with E-state index in [4.69, 9.17) is 0 Å². The van der Waals surface area contributed by atoms with Crippen LogP contribution >= 0.6 is 22.6 Å². The zero-order valence-corrected chi connectivity index (χ0v) is 18.7. The van der Waals surface area contributed by atoms with Gasteiger partial charge in [0.1, 0.15) is 3.55 Å². The van der Waals surface area contributed by atoms with Crippen LogP contribution < -0.4 is 10.6 Å². The summed E-state index contributed by atoms with van der Waals surface area (Å²) in [7, 11) is 0. The molecule has 0 aliphatic heterocycles. The molecule has 0 bridgehead atoms. The molecule has 0 radical (unpaired) electrons. The molecule has 1 amide bonds. The van der Waals surface area contributed by atoms with Gasteiger partial charge in [-0.1, -0.05) is 18.2 Å². The van der Waals surface area contributed by atoms with E-state index < -0.39 is 3.55 Å². The van der Waals surface area contributed by atoms with Crippen LogP contribution in [0.25, 0.3) is 22.0 Å². The van der Waals surface area contributed by atoms with E-state index in [9.17, 15) is 4.79 Å². The summed E-state index contributed by atoms with van der Waals surface area (Å²) >= 11 is 2.23. The average molecular weight is 509 g/mol. The van der Waals surface area contributed by atoms with E-state index in [1.807, 2.05) is 61.7 Å². The predicted molar refractivity (Wildman–Crippen MR) is 128 cm³/mol. The van der Waals surface area contributed by atoms with Gasteiger partial charge in [0, 0.05) is 36.6 Å². The quantitative estimate of drug-likeness (QED) is 0.220. The molecule has 150 valence electrons. The molecule has 0 aliphatic rings. The zero-order chi connectivity index (χ0) is 21.1. The Morgan fingerprint density at radius 2 is 1.73 bits per heavy atom. The van der Waals surface area contributed by atoms with Crippen molar-refractivity contribution >= 4 is 51.0 Å². The second-order valence-corrected chi connectivity index (χ2v) is 9.25. The summed E-state index contributed by atoms with van der Waals surface area (Å²) in [6.07, 6.45) is 5.39. The third-order valence-electron chi connectivity index (χ3n) is 4.69. The van der Waals surface area contributed by atoms with Crippen LogP contribution in [0.2, 0.25) is 0 Å². The highest BCUT2D eigenvalue weighted by atomic mass is 127. The van der Waals surface area contributed by atoms with Gasteiger partial charge in [-0.15, -0.1) is 0 Å². The Balaban J connectivity index is 1.53. The summed E-state index contributed by atoms with van der Waals surface area (Å²) in [5.41, 5.74) is 4.96. The number of amides is 1. The lowest BCUT2D eigenvalue weighted by Crippen LogP contribution is -2.36. The van der Waals surface area contributed by atoms with E-state index in [1.54, 1.807) is 12.4 Å². The van der Waals surface area contributed by atoms with Crippen LogP contribution in [0.1, 0.15) is 19.4 Å². The number of benzene rings is 2. The summed E-state index contributed by atoms with van der Waals surface area (Å²) in [6, 6.07) is 17.9. The first kappa shape index (κ1) is 20.2. The number of alkyl halides is 1. The number of nitrogens with zero attached hydrogens (tertiary/aromatic N) is 3. The van der Waals surface area contributed by atoms with Crippen molar-refractivity contribution < 1.29 is 4.79 Å². The van der Waals surface area contributed by atoms with Gasteiger partial charge in [-0.05, 0) is 82.6 Å². The second kappa shape index (κ2) is 8.35. The number of fused-ring (bicyclic) bond motifs is 1. The van der Waals surface area contributed by atoms with E-state index in [0.717, 1.165) is 33.3 Å². The molecule has 0 spiro atoms. The molecule has 0 fully saturated rings. The third-order valence-corrected chi connectivity index (χ3v) is 5.58. The molecule has 4 rings (SSSR count). The highest BCUT2D eigenvalue weighted by Crippen LogP contribution is 2.30. The van der Waals surface area contributed by atoms with Crippen molar-refractivity contribution in [1.82, 2.24) is 20.3 Å². The summed E-state index contributed by atoms with van der Waals surface area (Å²) in [4.78, 5) is 24.5. The first-order valence-corrected chi connectivity index (χ1v) is 10.5. The Kier molecular flexibility index (Phi) is 5.63. The highest BCUT2D eigenvalue weighted by molar-refractivity contribution is 14.1. The molecule has 6 nitrogen and oxygen atoms in total. The second-order valence-electron chi connectivity index (χ2n) is 7.09. The number of aromatic nitrogens is 3. The van der Waals surface area contributed by atoms with Crippen LogP contribution in [-0.2, 0) is 8.34 Å². The van der Waals surface area contributed by atoms with Gasteiger partial charge in [0.2, 0.25) is 11.9 Å². The van der Waals surface area contributed by atoms with Gasteiger partial charge < -0.3 is 10.6 Å². The maximum atomic E-state index is 11.4. The fourth-order valence-electron chi connectivity index (χ4n) is 3.22. The molecule has 2 aromatic carbocycles. The molecule has 2 N–H and O–H groups in total. The van der Waals surface area contributed by atoms with Crippen molar-refractivity contribution in [3.63, 3.8) is 0 Å². The van der Waals surface area contributed by atoms with Crippen LogP contribution in [0.3, 0.4) is 0 Å².